The molecule has 0 saturated carbocycles. The maximum Gasteiger partial charge on any atom is 0.262 e. The van der Waals surface area contributed by atoms with Gasteiger partial charge in [0.05, 0.1) is 23.1 Å². The third-order valence-corrected chi connectivity index (χ3v) is 7.64. The maximum absolute atomic E-state index is 15.2. The molecule has 0 radical (unpaired) electrons. The summed E-state index contributed by atoms with van der Waals surface area (Å²) >= 11 is 0. The Labute approximate surface area is 204 Å². The first kappa shape index (κ1) is 22.6. The number of fused-ring (bicyclic) bond motifs is 1. The minimum absolute atomic E-state index is 0.134. The normalized spacial score (nSPS) is 24.5. The highest BCUT2D eigenvalue weighted by Crippen LogP contribution is 2.37. The fraction of sp³-hybridized carbons (Fsp3) is 0.464. The Bertz CT molecular complexity index is 1280. The predicted octanol–water partition coefficient (Wildman–Crippen LogP) is 4.84. The number of anilines is 1. The molecule has 6 rings (SSSR count). The van der Waals surface area contributed by atoms with Crippen molar-refractivity contribution in [1.82, 2.24) is 4.57 Å². The van der Waals surface area contributed by atoms with E-state index in [-0.39, 0.29) is 23.1 Å². The van der Waals surface area contributed by atoms with E-state index in [0.717, 1.165) is 63.8 Å². The molecule has 2 unspecified atom stereocenters. The molecular weight excluding hydrogens is 447 g/mol. The fourth-order valence-corrected chi connectivity index (χ4v) is 5.67. The van der Waals surface area contributed by atoms with Crippen LogP contribution in [0.3, 0.4) is 0 Å². The van der Waals surface area contributed by atoms with Gasteiger partial charge in [-0.2, -0.15) is 0 Å². The molecular formula is C28H31FN2O4. The molecule has 0 N–H and O–H groups in total. The molecule has 0 aliphatic carbocycles. The zero-order valence-electron chi connectivity index (χ0n) is 19.9. The number of aromatic nitrogens is 1. The van der Waals surface area contributed by atoms with Gasteiger partial charge in [0.1, 0.15) is 18.2 Å². The van der Waals surface area contributed by atoms with Crippen LogP contribution in [0.5, 0.6) is 5.75 Å². The Balaban J connectivity index is 1.21. The SMILES string of the molecule is O=c1c2ccc(OCC3CCCO3)cc2ccn1-c1ccc(N2CCC3(CCCCO3)C2)c(F)c1. The lowest BCUT2D eigenvalue weighted by Crippen LogP contribution is -2.39. The molecule has 3 aliphatic heterocycles. The topological polar surface area (TPSA) is 52.9 Å². The summed E-state index contributed by atoms with van der Waals surface area (Å²) in [7, 11) is 0. The lowest BCUT2D eigenvalue weighted by molar-refractivity contribution is -0.0621. The highest BCUT2D eigenvalue weighted by molar-refractivity contribution is 5.83. The molecule has 3 aliphatic rings. The van der Waals surface area contributed by atoms with Crippen LogP contribution in [0.1, 0.15) is 38.5 Å². The monoisotopic (exact) mass is 478 g/mol. The van der Waals surface area contributed by atoms with Crippen molar-refractivity contribution in [2.24, 2.45) is 0 Å². The van der Waals surface area contributed by atoms with Crippen molar-refractivity contribution in [3.63, 3.8) is 0 Å². The first-order chi connectivity index (χ1) is 17.1. The second-order valence-corrected chi connectivity index (χ2v) is 9.98. The molecule has 0 bridgehead atoms. The van der Waals surface area contributed by atoms with E-state index in [1.54, 1.807) is 18.3 Å². The van der Waals surface area contributed by atoms with Gasteiger partial charge in [-0.15, -0.1) is 0 Å². The van der Waals surface area contributed by atoms with Crippen molar-refractivity contribution in [2.75, 3.05) is 37.8 Å². The van der Waals surface area contributed by atoms with E-state index >= 15 is 4.39 Å². The predicted molar refractivity (Wildman–Crippen MR) is 133 cm³/mol. The van der Waals surface area contributed by atoms with Crippen LogP contribution < -0.4 is 15.2 Å². The van der Waals surface area contributed by atoms with Crippen molar-refractivity contribution >= 4 is 16.5 Å². The van der Waals surface area contributed by atoms with Gasteiger partial charge in [0.15, 0.2) is 0 Å². The number of hydrogen-bond donors (Lipinski definition) is 0. The largest absolute Gasteiger partial charge is 0.491 e. The van der Waals surface area contributed by atoms with E-state index in [1.807, 2.05) is 24.3 Å². The second-order valence-electron chi connectivity index (χ2n) is 9.98. The lowest BCUT2D eigenvalue weighted by Gasteiger charge is -2.33. The zero-order valence-corrected chi connectivity index (χ0v) is 19.9. The molecule has 1 aromatic heterocycles. The van der Waals surface area contributed by atoms with E-state index in [9.17, 15) is 4.79 Å². The third kappa shape index (κ3) is 4.43. The van der Waals surface area contributed by atoms with E-state index in [0.29, 0.717) is 29.1 Å². The molecule has 6 nitrogen and oxygen atoms in total. The van der Waals surface area contributed by atoms with Crippen molar-refractivity contribution < 1.29 is 18.6 Å². The zero-order chi connectivity index (χ0) is 23.8. The smallest absolute Gasteiger partial charge is 0.262 e. The van der Waals surface area contributed by atoms with Gasteiger partial charge < -0.3 is 19.1 Å². The number of rotatable bonds is 5. The van der Waals surface area contributed by atoms with E-state index < -0.39 is 0 Å². The Morgan fingerprint density at radius 2 is 2.00 bits per heavy atom. The van der Waals surface area contributed by atoms with Gasteiger partial charge >= 0.3 is 0 Å². The standard InChI is InChI=1S/C28H31FN2O4/c29-25-17-21(5-8-26(25)30-13-11-28(19-30)10-1-2-15-35-28)31-12-9-20-16-22(6-7-24(20)27(31)32)34-18-23-4-3-14-33-23/h5-9,12,16-17,23H,1-4,10-11,13-15,18-19H2. The average molecular weight is 479 g/mol. The van der Waals surface area contributed by atoms with Crippen LogP contribution in [0.15, 0.2) is 53.5 Å². The molecule has 4 heterocycles. The summed E-state index contributed by atoms with van der Waals surface area (Å²) < 4.78 is 34.3. The number of halogens is 1. The van der Waals surface area contributed by atoms with Crippen molar-refractivity contribution in [1.29, 1.82) is 0 Å². The molecule has 0 amide bonds. The molecule has 2 aromatic carbocycles. The Morgan fingerprint density at radius 1 is 1.06 bits per heavy atom. The summed E-state index contributed by atoms with van der Waals surface area (Å²) in [5.74, 6) is 0.395. The quantitative estimate of drug-likeness (QED) is 0.526. The van der Waals surface area contributed by atoms with Gasteiger partial charge in [-0.25, -0.2) is 4.39 Å². The summed E-state index contributed by atoms with van der Waals surface area (Å²) in [6.45, 7) is 3.60. The fourth-order valence-electron chi connectivity index (χ4n) is 5.67. The maximum atomic E-state index is 15.2. The van der Waals surface area contributed by atoms with Gasteiger partial charge in [-0.05, 0) is 80.3 Å². The Kier molecular flexibility index (Phi) is 5.98. The minimum atomic E-state index is -0.319. The Hall–Kier alpha value is -2.90. The van der Waals surface area contributed by atoms with E-state index in [1.165, 1.54) is 17.1 Å². The van der Waals surface area contributed by atoms with Crippen molar-refractivity contribution in [3.8, 4) is 11.4 Å². The van der Waals surface area contributed by atoms with Crippen LogP contribution in [-0.4, -0.2) is 49.2 Å². The van der Waals surface area contributed by atoms with Crippen molar-refractivity contribution in [2.45, 2.75) is 50.2 Å². The first-order valence-electron chi connectivity index (χ1n) is 12.7. The molecule has 2 atom stereocenters. The van der Waals surface area contributed by atoms with E-state index in [2.05, 4.69) is 4.90 Å². The van der Waals surface area contributed by atoms with Gasteiger partial charge in [0.25, 0.3) is 5.56 Å². The van der Waals surface area contributed by atoms with E-state index in [4.69, 9.17) is 14.2 Å². The third-order valence-electron chi connectivity index (χ3n) is 7.64. The molecule has 3 aromatic rings. The van der Waals surface area contributed by atoms with Gasteiger partial charge in [-0.1, -0.05) is 0 Å². The van der Waals surface area contributed by atoms with Crippen LogP contribution in [0, 0.1) is 5.82 Å². The summed E-state index contributed by atoms with van der Waals surface area (Å²) in [4.78, 5) is 15.3. The summed E-state index contributed by atoms with van der Waals surface area (Å²) in [5.41, 5.74) is 0.767. The summed E-state index contributed by atoms with van der Waals surface area (Å²) in [6.07, 6.45) is 8.16. The van der Waals surface area contributed by atoms with Gasteiger partial charge in [0, 0.05) is 44.0 Å². The molecule has 35 heavy (non-hydrogen) atoms. The highest BCUT2D eigenvalue weighted by atomic mass is 19.1. The highest BCUT2D eigenvalue weighted by Gasteiger charge is 2.40. The molecule has 3 saturated heterocycles. The number of hydrogen-bond acceptors (Lipinski definition) is 5. The number of benzene rings is 2. The van der Waals surface area contributed by atoms with Crippen LogP contribution in [-0.2, 0) is 9.47 Å². The van der Waals surface area contributed by atoms with Gasteiger partial charge in [0.2, 0.25) is 0 Å². The Morgan fingerprint density at radius 3 is 2.80 bits per heavy atom. The van der Waals surface area contributed by atoms with Crippen LogP contribution in [0.4, 0.5) is 10.1 Å². The number of nitrogens with zero attached hydrogens (tertiary/aromatic N) is 2. The van der Waals surface area contributed by atoms with Gasteiger partial charge in [-0.3, -0.25) is 9.36 Å². The van der Waals surface area contributed by atoms with Crippen LogP contribution in [0.25, 0.3) is 16.5 Å². The first-order valence-corrected chi connectivity index (χ1v) is 12.7. The lowest BCUT2D eigenvalue weighted by atomic mass is 9.93. The van der Waals surface area contributed by atoms with Crippen LogP contribution >= 0.6 is 0 Å². The average Bonchev–Trinajstić information content (AvgIpc) is 3.54. The molecule has 184 valence electrons. The summed E-state index contributed by atoms with van der Waals surface area (Å²) in [6, 6.07) is 12.4. The second kappa shape index (κ2) is 9.28. The molecule has 1 spiro atoms. The minimum Gasteiger partial charge on any atom is -0.491 e. The number of pyridine rings is 1. The van der Waals surface area contributed by atoms with Crippen molar-refractivity contribution in [3.05, 3.63) is 64.8 Å². The number of ether oxygens (including phenoxy) is 3. The summed E-state index contributed by atoms with van der Waals surface area (Å²) in [5, 5.41) is 1.36. The molecule has 3 fully saturated rings. The van der Waals surface area contributed by atoms with Crippen LogP contribution in [0.2, 0.25) is 0 Å². The molecule has 7 heteroatoms.